The van der Waals surface area contributed by atoms with Crippen molar-refractivity contribution in [1.29, 1.82) is 0 Å². The van der Waals surface area contributed by atoms with Gasteiger partial charge in [0.2, 0.25) is 0 Å². The lowest BCUT2D eigenvalue weighted by molar-refractivity contribution is 0.792. The molecule has 0 amide bonds. The van der Waals surface area contributed by atoms with Crippen LogP contribution in [0.2, 0.25) is 0 Å². The fourth-order valence-electron chi connectivity index (χ4n) is 23.7. The second-order valence-corrected chi connectivity index (χ2v) is 38.7. The summed E-state index contributed by atoms with van der Waals surface area (Å²) in [5.41, 5.74) is 8.48. The summed E-state index contributed by atoms with van der Waals surface area (Å²) >= 11 is 0. The van der Waals surface area contributed by atoms with E-state index in [9.17, 15) is 0 Å². The van der Waals surface area contributed by atoms with Crippen molar-refractivity contribution in [3.63, 3.8) is 0 Å². The van der Waals surface area contributed by atoms with Crippen molar-refractivity contribution in [3.8, 4) is 28.4 Å². The summed E-state index contributed by atoms with van der Waals surface area (Å²) in [5, 5.41) is 13.7. The van der Waals surface area contributed by atoms with Crippen LogP contribution in [0.25, 0.3) is 201 Å². The molecule has 0 aliphatic carbocycles. The predicted octanol–water partition coefficient (Wildman–Crippen LogP) is 25.8. The minimum atomic E-state index is -0.598. The lowest BCUT2D eigenvalue weighted by atomic mass is 9.73. The summed E-state index contributed by atoms with van der Waals surface area (Å²) < 4.78 is 7.79. The van der Waals surface area contributed by atoms with E-state index in [2.05, 4.69) is 169 Å². The van der Waals surface area contributed by atoms with Gasteiger partial charge in [0.15, 0.2) is 0 Å². The van der Waals surface area contributed by atoms with Crippen molar-refractivity contribution in [2.24, 2.45) is 0 Å². The summed E-state index contributed by atoms with van der Waals surface area (Å²) in [5.74, 6) is -1.37. The highest BCUT2D eigenvalue weighted by atomic mass is 16.2. The molecule has 19 aromatic carbocycles. The maximum atomic E-state index is 18.4. The number of fused-ring (bicyclic) bond motifs is 5. The average molecular weight is 1670 g/mol. The molecule has 624 valence electrons. The highest BCUT2D eigenvalue weighted by Crippen LogP contribution is 2.62. The Morgan fingerprint density at radius 3 is 0.773 bits per heavy atom. The molecule has 0 atom stereocenters. The zero-order chi connectivity index (χ0) is 88.5. The Hall–Kier alpha value is -14.5. The summed E-state index contributed by atoms with van der Waals surface area (Å²) in [6.07, 6.45) is 0. The number of aromatic nitrogens is 5. The van der Waals surface area contributed by atoms with Gasteiger partial charge in [-0.2, -0.15) is 0 Å². The fraction of sp³-hybridized carbons (Fsp3) is 0.211. The molecule has 24 rings (SSSR count). The molecule has 0 fully saturated rings. The Kier molecular flexibility index (Phi) is 16.0. The third-order valence-electron chi connectivity index (χ3n) is 29.1. The van der Waals surface area contributed by atoms with Crippen LogP contribution in [0.3, 0.4) is 0 Å². The summed E-state index contributed by atoms with van der Waals surface area (Å²) in [6, 6.07) is 68.1. The number of rotatable bonds is 16. The molecule has 14 heteroatoms. The maximum Gasteiger partial charge on any atom is 0.266 e. The molecule has 5 heterocycles. The molecule has 0 saturated heterocycles. The molecule has 0 aliphatic rings. The third-order valence-corrected chi connectivity index (χ3v) is 29.1. The quantitative estimate of drug-likeness (QED) is 0.0676. The number of hydrogen-bond donors (Lipinski definition) is 0. The van der Waals surface area contributed by atoms with Gasteiger partial charge in [0, 0.05) is 114 Å². The highest BCUT2D eigenvalue weighted by molar-refractivity contribution is 6.62. The molecule has 0 saturated carbocycles. The molecule has 24 aromatic rings. The van der Waals surface area contributed by atoms with Gasteiger partial charge in [0.1, 0.15) is 0 Å². The van der Waals surface area contributed by atoms with Crippen molar-refractivity contribution in [2.75, 3.05) is 4.90 Å². The van der Waals surface area contributed by atoms with Gasteiger partial charge in [-0.25, -0.2) is 18.3 Å². The molecule has 0 N–H and O–H groups in total. The molecule has 0 radical (unpaired) electrons. The van der Waals surface area contributed by atoms with Gasteiger partial charge >= 0.3 is 0 Å². The van der Waals surface area contributed by atoms with Crippen molar-refractivity contribution in [1.82, 2.24) is 22.8 Å². The van der Waals surface area contributed by atoms with Gasteiger partial charge < -0.3 is 9.47 Å². The van der Waals surface area contributed by atoms with Crippen LogP contribution in [0, 0.1) is 0 Å². The van der Waals surface area contributed by atoms with E-state index in [1.54, 1.807) is 0 Å². The summed E-state index contributed by atoms with van der Waals surface area (Å²) in [6.45, 7) is 33.2. The van der Waals surface area contributed by atoms with E-state index >= 15 is 38.4 Å². The molecule has 0 spiro atoms. The van der Waals surface area contributed by atoms with Crippen molar-refractivity contribution >= 4 is 190 Å². The zero-order valence-corrected chi connectivity index (χ0v) is 74.2. The van der Waals surface area contributed by atoms with E-state index in [-0.39, 0.29) is 90.4 Å². The minimum Gasteiger partial charge on any atom is -0.311 e. The number of para-hydroxylation sites is 6. The van der Waals surface area contributed by atoms with Crippen LogP contribution in [0.4, 0.5) is 17.1 Å². The number of hydrogen-bond acceptors (Lipinski definition) is 9. The van der Waals surface area contributed by atoms with Crippen LogP contribution in [0.5, 0.6) is 0 Å². The van der Waals surface area contributed by atoms with E-state index in [1.807, 2.05) is 158 Å². The first-order valence-electron chi connectivity index (χ1n) is 45.2. The molecule has 0 bridgehead atoms. The lowest BCUT2D eigenvalue weighted by Crippen LogP contribution is -2.34. The normalized spacial score (nSPS) is 13.0. The Morgan fingerprint density at radius 1 is 0.180 bits per heavy atom. The molecule has 0 aliphatic heterocycles. The Labute approximate surface area is 733 Å². The van der Waals surface area contributed by atoms with Crippen LogP contribution < -0.4 is 49.4 Å². The number of anilines is 3. The number of nitrogens with zero attached hydrogens (tertiary/aromatic N) is 6. The molecular weight excluding hydrogens is 1580 g/mol. The Morgan fingerprint density at radius 2 is 0.414 bits per heavy atom. The molecule has 14 nitrogen and oxygen atoms in total. The number of pyridine rings is 4. The van der Waals surface area contributed by atoms with Crippen molar-refractivity contribution < 1.29 is 0 Å². The standard InChI is InChI=1S/C114H90N6O8/c1-51(2)63-31-23-32-64(52(3)4)103(63)117-107(121)73-45-43-71-72-44-46-74-87-86(72)96-88-75(47-77(109(117)123)83(73)85(71)88)90-100-98-89-76(91(99(96)100)101(87)113(127)119(108(74)122)105-67(55(9)10)35-25-36-68(105)56(11)12)48-78-84-79(111(125)118(110(78)124)104-65(53(5)6)33-24-34-66(104)54(7)8)49-81-93(95(84)89)94-82(116(81)62-41-39-61(40-42-62)115(59-27-19-17-20-28-59)60-29-21-18-22-30-60)50-80-92(97(94)98)102(90)114(128)120(112(80)126)106-69(57(13)14)37-26-38-70(106)58(15)16/h17-58H,1-16H3. The Balaban J connectivity index is 1.03. The van der Waals surface area contributed by atoms with E-state index < -0.39 is 44.5 Å². The predicted molar refractivity (Wildman–Crippen MR) is 533 cm³/mol. The molecule has 0 unspecified atom stereocenters. The van der Waals surface area contributed by atoms with Gasteiger partial charge in [-0.15, -0.1) is 0 Å². The van der Waals surface area contributed by atoms with Crippen molar-refractivity contribution in [3.05, 3.63) is 334 Å². The van der Waals surface area contributed by atoms with Crippen LogP contribution in [-0.4, -0.2) is 22.8 Å². The van der Waals surface area contributed by atoms with Crippen LogP contribution in [-0.2, 0) is 0 Å². The van der Waals surface area contributed by atoms with Crippen LogP contribution in [0.1, 0.15) is 203 Å². The lowest BCUT2D eigenvalue weighted by Gasteiger charge is -2.29. The van der Waals surface area contributed by atoms with Gasteiger partial charge in [0.05, 0.1) is 55.3 Å². The second kappa shape index (κ2) is 26.6. The largest absolute Gasteiger partial charge is 0.311 e. The number of benzene rings is 19. The average Bonchev–Trinajstić information content (AvgIpc) is 1.31. The molecule has 128 heavy (non-hydrogen) atoms. The monoisotopic (exact) mass is 1670 g/mol. The van der Waals surface area contributed by atoms with Gasteiger partial charge in [-0.05, 0) is 225 Å². The second-order valence-electron chi connectivity index (χ2n) is 38.7. The summed E-state index contributed by atoms with van der Waals surface area (Å²) in [7, 11) is 0. The minimum absolute atomic E-state index is 0.128. The first-order valence-corrected chi connectivity index (χ1v) is 45.2. The van der Waals surface area contributed by atoms with E-state index in [4.69, 9.17) is 0 Å². The Bertz CT molecular complexity index is 9310. The van der Waals surface area contributed by atoms with Crippen LogP contribution >= 0.6 is 0 Å². The van der Waals surface area contributed by atoms with Crippen LogP contribution in [0.15, 0.2) is 245 Å². The zero-order valence-electron chi connectivity index (χ0n) is 74.2. The van der Waals surface area contributed by atoms with Gasteiger partial charge in [-0.3, -0.25) is 38.4 Å². The first kappa shape index (κ1) is 77.1. The SMILES string of the molecule is CC(C)c1cccc(C(C)C)c1-n1c(=O)c2ccc3c4ccc5c(=O)n(-c6c(C(C)C)cccc6C(C)C)c(=O)c6c5c4c4c5c(cc(c1=O)c2c35)c1c2c(=O)n(-c3c(C(C)C)cccc3C(C)C)c(=O)c3cc5c7c(c32)c2c3c(cc8c(=O)n(-c9c(C(C)C)cccc9C(C)C)c(=O)c9cc(c7c3c89)n5-c3ccc(N(c5ccccc5)c5ccccc5)cc3)c6c4c12. The van der Waals surface area contributed by atoms with Gasteiger partial charge in [-0.1, -0.05) is 232 Å². The van der Waals surface area contributed by atoms with Gasteiger partial charge in [0.25, 0.3) is 44.5 Å². The van der Waals surface area contributed by atoms with E-state index in [0.29, 0.717) is 158 Å². The summed E-state index contributed by atoms with van der Waals surface area (Å²) in [4.78, 5) is 142. The fourth-order valence-corrected chi connectivity index (χ4v) is 23.7. The third kappa shape index (κ3) is 9.55. The van der Waals surface area contributed by atoms with E-state index in [0.717, 1.165) is 61.6 Å². The topological polar surface area (TPSA) is 164 Å². The van der Waals surface area contributed by atoms with E-state index in [1.165, 1.54) is 18.3 Å². The molecule has 5 aromatic heterocycles. The smallest absolute Gasteiger partial charge is 0.266 e. The molecular formula is C114H90N6O8. The maximum absolute atomic E-state index is 18.4. The van der Waals surface area contributed by atoms with Crippen molar-refractivity contribution in [2.45, 2.75) is 158 Å². The first-order chi connectivity index (χ1) is 61.6. The highest BCUT2D eigenvalue weighted by Gasteiger charge is 2.40.